The first-order valence-electron chi connectivity index (χ1n) is 9.40. The number of likely N-dealkylation sites (tertiary alicyclic amines) is 1. The summed E-state index contributed by atoms with van der Waals surface area (Å²) in [6.45, 7) is 2.70. The van der Waals surface area contributed by atoms with Crippen LogP contribution in [-0.4, -0.2) is 55.9 Å². The molecule has 7 nitrogen and oxygen atoms in total. The van der Waals surface area contributed by atoms with Gasteiger partial charge in [0.1, 0.15) is 5.82 Å². The van der Waals surface area contributed by atoms with Crippen molar-refractivity contribution in [2.45, 2.75) is 24.2 Å². The quantitative estimate of drug-likeness (QED) is 0.600. The maximum atomic E-state index is 13.4. The molecule has 1 N–H and O–H groups in total. The molecule has 0 bridgehead atoms. The van der Waals surface area contributed by atoms with Crippen LogP contribution in [0.2, 0.25) is 0 Å². The molecular weight excluding hydrogens is 391 g/mol. The van der Waals surface area contributed by atoms with Crippen LogP contribution in [0.25, 0.3) is 5.69 Å². The zero-order valence-corrected chi connectivity index (χ0v) is 16.6. The normalized spacial score (nSPS) is 16.8. The smallest absolute Gasteiger partial charge is 0.230 e. The van der Waals surface area contributed by atoms with Crippen LogP contribution in [-0.2, 0) is 11.3 Å². The highest BCUT2D eigenvalue weighted by atomic mass is 32.2. The summed E-state index contributed by atoms with van der Waals surface area (Å²) in [6, 6.07) is 16.5. The van der Waals surface area contributed by atoms with Crippen molar-refractivity contribution in [2.75, 3.05) is 18.8 Å². The Hall–Kier alpha value is -2.78. The minimum absolute atomic E-state index is 0.0599. The summed E-state index contributed by atoms with van der Waals surface area (Å²) in [5.74, 6) is -0.228. The van der Waals surface area contributed by atoms with Crippen LogP contribution < -0.4 is 5.32 Å². The summed E-state index contributed by atoms with van der Waals surface area (Å²) in [7, 11) is 0. The lowest BCUT2D eigenvalue weighted by Gasteiger charge is -2.16. The second kappa shape index (κ2) is 9.15. The lowest BCUT2D eigenvalue weighted by atomic mass is 10.2. The fourth-order valence-electron chi connectivity index (χ4n) is 3.37. The van der Waals surface area contributed by atoms with Crippen molar-refractivity contribution in [2.24, 2.45) is 0 Å². The molecule has 0 radical (unpaired) electrons. The first-order valence-corrected chi connectivity index (χ1v) is 10.4. The summed E-state index contributed by atoms with van der Waals surface area (Å²) in [6.07, 6.45) is 0.935. The monoisotopic (exact) mass is 412 g/mol. The van der Waals surface area contributed by atoms with Gasteiger partial charge in [0.15, 0.2) is 0 Å². The van der Waals surface area contributed by atoms with E-state index in [1.54, 1.807) is 12.1 Å². The molecule has 1 atom stereocenters. The van der Waals surface area contributed by atoms with Gasteiger partial charge < -0.3 is 5.32 Å². The fourth-order valence-corrected chi connectivity index (χ4v) is 4.08. The van der Waals surface area contributed by atoms with E-state index >= 15 is 0 Å². The van der Waals surface area contributed by atoms with Crippen molar-refractivity contribution in [1.29, 1.82) is 0 Å². The summed E-state index contributed by atoms with van der Waals surface area (Å²) >= 11 is 1.23. The van der Waals surface area contributed by atoms with E-state index in [2.05, 4.69) is 37.9 Å². The average Bonchev–Trinajstić information content (AvgIpc) is 3.36. The molecule has 4 rings (SSSR count). The molecule has 0 aliphatic carbocycles. The van der Waals surface area contributed by atoms with E-state index in [4.69, 9.17) is 0 Å². The van der Waals surface area contributed by atoms with Crippen molar-refractivity contribution < 1.29 is 9.18 Å². The molecule has 0 saturated carbocycles. The van der Waals surface area contributed by atoms with Gasteiger partial charge in [0.05, 0.1) is 11.4 Å². The van der Waals surface area contributed by atoms with Crippen LogP contribution in [0, 0.1) is 5.82 Å². The summed E-state index contributed by atoms with van der Waals surface area (Å²) < 4.78 is 14.9. The number of hydrogen-bond acceptors (Lipinski definition) is 6. The van der Waals surface area contributed by atoms with Crippen molar-refractivity contribution in [3.05, 3.63) is 66.0 Å². The Morgan fingerprint density at radius 2 is 2.07 bits per heavy atom. The molecule has 0 spiro atoms. The third-order valence-electron chi connectivity index (χ3n) is 4.71. The maximum absolute atomic E-state index is 13.4. The number of tetrazole rings is 1. The maximum Gasteiger partial charge on any atom is 0.230 e. The van der Waals surface area contributed by atoms with E-state index in [-0.39, 0.29) is 23.5 Å². The number of nitrogens with zero attached hydrogens (tertiary/aromatic N) is 5. The number of benzene rings is 2. The number of thioether (sulfide) groups is 1. The van der Waals surface area contributed by atoms with Crippen LogP contribution in [0.1, 0.15) is 12.0 Å². The van der Waals surface area contributed by atoms with Gasteiger partial charge in [-0.25, -0.2) is 4.39 Å². The number of carbonyl (C=O) groups is 1. The number of rotatable bonds is 7. The molecule has 1 amide bonds. The molecule has 2 aromatic carbocycles. The number of nitrogens with one attached hydrogen (secondary N) is 1. The van der Waals surface area contributed by atoms with Gasteiger partial charge in [-0.05, 0) is 40.6 Å². The number of amides is 1. The lowest BCUT2D eigenvalue weighted by Crippen LogP contribution is -2.38. The first-order chi connectivity index (χ1) is 14.2. The topological polar surface area (TPSA) is 75.9 Å². The summed E-state index contributed by atoms with van der Waals surface area (Å²) in [5, 5.41) is 15.0. The lowest BCUT2D eigenvalue weighted by molar-refractivity contribution is -0.119. The van der Waals surface area contributed by atoms with Crippen LogP contribution in [0.5, 0.6) is 0 Å². The molecule has 1 aromatic heterocycles. The molecule has 1 aliphatic rings. The summed E-state index contributed by atoms with van der Waals surface area (Å²) in [5.41, 5.74) is 1.80. The van der Waals surface area contributed by atoms with Crippen molar-refractivity contribution in [3.8, 4) is 5.69 Å². The Morgan fingerprint density at radius 1 is 1.21 bits per heavy atom. The van der Waals surface area contributed by atoms with Crippen LogP contribution in [0.3, 0.4) is 0 Å². The highest BCUT2D eigenvalue weighted by molar-refractivity contribution is 7.99. The standard InChI is InChI=1S/C20H21FN6OS/c21-16-7-4-8-18(11-16)27-20(23-24-25-27)29-14-19(28)22-17-9-10-26(13-17)12-15-5-2-1-3-6-15/h1-8,11,17H,9-10,12-14H2,(H,22,28)/t17-/m0/s1. The predicted octanol–water partition coefficient (Wildman–Crippen LogP) is 2.28. The Morgan fingerprint density at radius 3 is 2.90 bits per heavy atom. The van der Waals surface area contributed by atoms with Crippen LogP contribution in [0.4, 0.5) is 4.39 Å². The van der Waals surface area contributed by atoms with Crippen molar-refractivity contribution in [3.63, 3.8) is 0 Å². The second-order valence-corrected chi connectivity index (χ2v) is 7.86. The molecule has 1 saturated heterocycles. The van der Waals surface area contributed by atoms with Crippen molar-refractivity contribution in [1.82, 2.24) is 30.4 Å². The van der Waals surface area contributed by atoms with Gasteiger partial charge in [0.25, 0.3) is 0 Å². The van der Waals surface area contributed by atoms with Crippen molar-refractivity contribution >= 4 is 17.7 Å². The summed E-state index contributed by atoms with van der Waals surface area (Å²) in [4.78, 5) is 14.7. The molecule has 150 valence electrons. The van der Waals surface area contributed by atoms with E-state index in [1.165, 1.54) is 34.1 Å². The Balaban J connectivity index is 1.27. The van der Waals surface area contributed by atoms with E-state index in [0.717, 1.165) is 26.1 Å². The van der Waals surface area contributed by atoms with E-state index in [1.807, 2.05) is 18.2 Å². The van der Waals surface area contributed by atoms with Crippen LogP contribution in [0.15, 0.2) is 59.8 Å². The van der Waals surface area contributed by atoms with Gasteiger partial charge in [-0.2, -0.15) is 4.68 Å². The van der Waals surface area contributed by atoms with Gasteiger partial charge in [0, 0.05) is 25.7 Å². The van der Waals surface area contributed by atoms with Gasteiger partial charge in [-0.15, -0.1) is 5.10 Å². The molecule has 1 aliphatic heterocycles. The van der Waals surface area contributed by atoms with E-state index < -0.39 is 0 Å². The molecule has 1 fully saturated rings. The average molecular weight is 412 g/mol. The Labute approximate surface area is 172 Å². The number of hydrogen-bond donors (Lipinski definition) is 1. The van der Waals surface area contributed by atoms with E-state index in [9.17, 15) is 9.18 Å². The zero-order valence-electron chi connectivity index (χ0n) is 15.7. The largest absolute Gasteiger partial charge is 0.351 e. The Bertz CT molecular complexity index is 966. The highest BCUT2D eigenvalue weighted by Gasteiger charge is 2.24. The Kier molecular flexibility index (Phi) is 6.16. The van der Waals surface area contributed by atoms with Gasteiger partial charge >= 0.3 is 0 Å². The third-order valence-corrected chi connectivity index (χ3v) is 5.63. The SMILES string of the molecule is O=C(CSc1nnnn1-c1cccc(F)c1)N[C@H]1CCN(Cc2ccccc2)C1. The molecular formula is C20H21FN6OS. The zero-order chi connectivity index (χ0) is 20.1. The molecule has 2 heterocycles. The first kappa shape index (κ1) is 19.5. The molecule has 9 heteroatoms. The third kappa shape index (κ3) is 5.18. The fraction of sp³-hybridized carbons (Fsp3) is 0.300. The van der Waals surface area contributed by atoms with E-state index in [0.29, 0.717) is 10.8 Å². The number of carbonyl (C=O) groups excluding carboxylic acids is 1. The molecule has 29 heavy (non-hydrogen) atoms. The highest BCUT2D eigenvalue weighted by Crippen LogP contribution is 2.19. The minimum atomic E-state index is -0.368. The number of aromatic nitrogens is 4. The van der Waals surface area contributed by atoms with Gasteiger partial charge in [0.2, 0.25) is 11.1 Å². The van der Waals surface area contributed by atoms with Crippen LogP contribution >= 0.6 is 11.8 Å². The van der Waals surface area contributed by atoms with Gasteiger partial charge in [-0.1, -0.05) is 48.2 Å². The predicted molar refractivity (Wildman–Crippen MR) is 108 cm³/mol. The second-order valence-electron chi connectivity index (χ2n) is 6.92. The van der Waals surface area contributed by atoms with Gasteiger partial charge in [-0.3, -0.25) is 9.69 Å². The number of halogens is 1. The minimum Gasteiger partial charge on any atom is -0.351 e. The molecule has 0 unspecified atom stereocenters. The molecule has 3 aromatic rings.